The van der Waals surface area contributed by atoms with Gasteiger partial charge in [0.25, 0.3) is 5.91 Å². The zero-order valence-corrected chi connectivity index (χ0v) is 10.6. The summed E-state index contributed by atoms with van der Waals surface area (Å²) in [5, 5.41) is 0.385. The van der Waals surface area contributed by atoms with E-state index in [0.29, 0.717) is 17.2 Å². The summed E-state index contributed by atoms with van der Waals surface area (Å²) in [6.07, 6.45) is 4.00. The van der Waals surface area contributed by atoms with Crippen molar-refractivity contribution in [3.8, 4) is 0 Å². The van der Waals surface area contributed by atoms with E-state index in [2.05, 4.69) is 4.98 Å². The molecule has 4 nitrogen and oxygen atoms in total. The van der Waals surface area contributed by atoms with Crippen LogP contribution >= 0.6 is 11.6 Å². The lowest BCUT2D eigenvalue weighted by Crippen LogP contribution is -2.41. The summed E-state index contributed by atoms with van der Waals surface area (Å²) in [5.74, 6) is -0.0836. The smallest absolute Gasteiger partial charge is 0.255 e. The highest BCUT2D eigenvalue weighted by molar-refractivity contribution is 6.33. The van der Waals surface area contributed by atoms with Crippen LogP contribution in [0.15, 0.2) is 18.5 Å². The van der Waals surface area contributed by atoms with Crippen LogP contribution in [0, 0.1) is 0 Å². The van der Waals surface area contributed by atoms with Crippen LogP contribution in [0.5, 0.6) is 0 Å². The first-order chi connectivity index (χ1) is 8.11. The second-order valence-electron chi connectivity index (χ2n) is 4.20. The van der Waals surface area contributed by atoms with E-state index in [0.717, 1.165) is 6.42 Å². The van der Waals surface area contributed by atoms with Crippen molar-refractivity contribution in [3.05, 3.63) is 29.0 Å². The normalized spacial score (nSPS) is 23.7. The first kappa shape index (κ1) is 12.3. The van der Waals surface area contributed by atoms with Crippen LogP contribution in [0.3, 0.4) is 0 Å². The Balaban J connectivity index is 2.17. The lowest BCUT2D eigenvalue weighted by Gasteiger charge is -2.27. The second kappa shape index (κ2) is 5.02. The van der Waals surface area contributed by atoms with Gasteiger partial charge in [-0.25, -0.2) is 0 Å². The topological polar surface area (TPSA) is 42.4 Å². The van der Waals surface area contributed by atoms with Crippen LogP contribution < -0.4 is 0 Å². The standard InChI is InChI=1S/C12H15ClN2O2/c1-8-11(4-6-17-8)15(2)12(16)9-3-5-14-7-10(9)13/h3,5,7-8,11H,4,6H2,1-2H3. The molecule has 2 unspecified atom stereocenters. The minimum atomic E-state index is -0.0836. The van der Waals surface area contributed by atoms with Crippen molar-refractivity contribution in [1.29, 1.82) is 0 Å². The second-order valence-corrected chi connectivity index (χ2v) is 4.61. The number of ether oxygens (including phenoxy) is 1. The summed E-state index contributed by atoms with van der Waals surface area (Å²) in [5.41, 5.74) is 0.489. The Morgan fingerprint density at radius 2 is 2.41 bits per heavy atom. The highest BCUT2D eigenvalue weighted by Crippen LogP contribution is 2.22. The Labute approximate surface area is 106 Å². The first-order valence-corrected chi connectivity index (χ1v) is 5.97. The molecular weight excluding hydrogens is 240 g/mol. The number of hydrogen-bond donors (Lipinski definition) is 0. The monoisotopic (exact) mass is 254 g/mol. The molecule has 2 atom stereocenters. The molecule has 5 heteroatoms. The number of likely N-dealkylation sites (N-methyl/N-ethyl adjacent to an activating group) is 1. The van der Waals surface area contributed by atoms with Gasteiger partial charge >= 0.3 is 0 Å². The highest BCUT2D eigenvalue weighted by atomic mass is 35.5. The fourth-order valence-corrected chi connectivity index (χ4v) is 2.32. The average molecular weight is 255 g/mol. The zero-order valence-electron chi connectivity index (χ0n) is 9.89. The molecule has 0 saturated carbocycles. The van der Waals surface area contributed by atoms with E-state index < -0.39 is 0 Å². The van der Waals surface area contributed by atoms with Gasteiger partial charge in [-0.05, 0) is 19.4 Å². The summed E-state index contributed by atoms with van der Waals surface area (Å²) >= 11 is 5.97. The van der Waals surface area contributed by atoms with Gasteiger partial charge in [-0.2, -0.15) is 0 Å². The molecule has 0 aromatic carbocycles. The molecule has 0 radical (unpaired) electrons. The van der Waals surface area contributed by atoms with Crippen LogP contribution in [0.4, 0.5) is 0 Å². The van der Waals surface area contributed by atoms with Gasteiger partial charge in [0, 0.05) is 26.0 Å². The number of rotatable bonds is 2. The number of nitrogens with zero attached hydrogens (tertiary/aromatic N) is 2. The van der Waals surface area contributed by atoms with Crippen molar-refractivity contribution in [2.75, 3.05) is 13.7 Å². The molecule has 0 aliphatic carbocycles. The number of carbonyl (C=O) groups is 1. The van der Waals surface area contributed by atoms with Crippen molar-refractivity contribution in [3.63, 3.8) is 0 Å². The molecule has 1 aromatic rings. The Hall–Kier alpha value is -1.13. The molecule has 1 fully saturated rings. The quantitative estimate of drug-likeness (QED) is 0.811. The van der Waals surface area contributed by atoms with E-state index in [9.17, 15) is 4.79 Å². The van der Waals surface area contributed by atoms with Gasteiger partial charge in [0.2, 0.25) is 0 Å². The van der Waals surface area contributed by atoms with Gasteiger partial charge in [-0.1, -0.05) is 11.6 Å². The molecule has 1 amide bonds. The largest absolute Gasteiger partial charge is 0.376 e. The Kier molecular flexibility index (Phi) is 3.64. The van der Waals surface area contributed by atoms with E-state index in [1.165, 1.54) is 6.20 Å². The maximum atomic E-state index is 12.3. The summed E-state index contributed by atoms with van der Waals surface area (Å²) in [6, 6.07) is 1.76. The number of amides is 1. The molecule has 2 heterocycles. The lowest BCUT2D eigenvalue weighted by molar-refractivity contribution is 0.0574. The van der Waals surface area contributed by atoms with Crippen LogP contribution in [0.2, 0.25) is 5.02 Å². The number of hydrogen-bond acceptors (Lipinski definition) is 3. The van der Waals surface area contributed by atoms with Crippen LogP contribution in [-0.4, -0.2) is 41.6 Å². The maximum absolute atomic E-state index is 12.3. The molecule has 1 saturated heterocycles. The Bertz CT molecular complexity index is 425. The van der Waals surface area contributed by atoms with E-state index in [1.807, 2.05) is 6.92 Å². The van der Waals surface area contributed by atoms with Gasteiger partial charge in [-0.15, -0.1) is 0 Å². The third-order valence-corrected chi connectivity index (χ3v) is 3.46. The number of carbonyl (C=O) groups excluding carboxylic acids is 1. The minimum absolute atomic E-state index is 0.0737. The molecule has 0 bridgehead atoms. The van der Waals surface area contributed by atoms with Crippen molar-refractivity contribution >= 4 is 17.5 Å². The summed E-state index contributed by atoms with van der Waals surface area (Å²) < 4.78 is 5.46. The predicted octanol–water partition coefficient (Wildman–Crippen LogP) is 1.98. The lowest BCUT2D eigenvalue weighted by atomic mass is 10.1. The fraction of sp³-hybridized carbons (Fsp3) is 0.500. The molecule has 1 aliphatic rings. The first-order valence-electron chi connectivity index (χ1n) is 5.59. The molecule has 17 heavy (non-hydrogen) atoms. The third-order valence-electron chi connectivity index (χ3n) is 3.16. The number of pyridine rings is 1. The van der Waals surface area contributed by atoms with E-state index in [4.69, 9.17) is 16.3 Å². The SMILES string of the molecule is CC1OCCC1N(C)C(=O)c1ccncc1Cl. The zero-order chi connectivity index (χ0) is 12.4. The molecular formula is C12H15ClN2O2. The van der Waals surface area contributed by atoms with E-state index in [-0.39, 0.29) is 18.1 Å². The van der Waals surface area contributed by atoms with Gasteiger partial charge in [-0.3, -0.25) is 9.78 Å². The van der Waals surface area contributed by atoms with Gasteiger partial charge < -0.3 is 9.64 Å². The Morgan fingerprint density at radius 1 is 1.65 bits per heavy atom. The summed E-state index contributed by atoms with van der Waals surface area (Å²) in [6.45, 7) is 2.68. The van der Waals surface area contributed by atoms with Crippen molar-refractivity contribution in [2.24, 2.45) is 0 Å². The summed E-state index contributed by atoms with van der Waals surface area (Å²) in [7, 11) is 1.79. The van der Waals surface area contributed by atoms with Crippen LogP contribution in [0.1, 0.15) is 23.7 Å². The van der Waals surface area contributed by atoms with E-state index in [1.54, 1.807) is 24.2 Å². The van der Waals surface area contributed by atoms with Gasteiger partial charge in [0.05, 0.1) is 22.7 Å². The molecule has 92 valence electrons. The highest BCUT2D eigenvalue weighted by Gasteiger charge is 2.31. The van der Waals surface area contributed by atoms with Crippen LogP contribution in [0.25, 0.3) is 0 Å². The van der Waals surface area contributed by atoms with Crippen molar-refractivity contribution < 1.29 is 9.53 Å². The van der Waals surface area contributed by atoms with Crippen molar-refractivity contribution in [1.82, 2.24) is 9.88 Å². The minimum Gasteiger partial charge on any atom is -0.376 e. The molecule has 1 aliphatic heterocycles. The molecule has 2 rings (SSSR count). The average Bonchev–Trinajstić information content (AvgIpc) is 2.74. The predicted molar refractivity (Wildman–Crippen MR) is 65.2 cm³/mol. The molecule has 0 spiro atoms. The van der Waals surface area contributed by atoms with Crippen molar-refractivity contribution in [2.45, 2.75) is 25.5 Å². The fourth-order valence-electron chi connectivity index (χ4n) is 2.12. The maximum Gasteiger partial charge on any atom is 0.255 e. The van der Waals surface area contributed by atoms with Gasteiger partial charge in [0.15, 0.2) is 0 Å². The number of halogens is 1. The van der Waals surface area contributed by atoms with Crippen LogP contribution in [-0.2, 0) is 4.74 Å². The molecule has 1 aromatic heterocycles. The third kappa shape index (κ3) is 2.42. The Morgan fingerprint density at radius 3 is 3.00 bits per heavy atom. The molecule has 0 N–H and O–H groups in total. The number of aromatic nitrogens is 1. The van der Waals surface area contributed by atoms with Gasteiger partial charge in [0.1, 0.15) is 0 Å². The summed E-state index contributed by atoms with van der Waals surface area (Å²) in [4.78, 5) is 17.8. The van der Waals surface area contributed by atoms with E-state index >= 15 is 0 Å².